The number of anilines is 2. The molecule has 3 rings (SSSR count). The molecule has 2 heterocycles. The van der Waals surface area contributed by atoms with E-state index < -0.39 is 0 Å². The van der Waals surface area contributed by atoms with Crippen LogP contribution in [0.5, 0.6) is 0 Å². The molecule has 1 N–H and O–H groups in total. The van der Waals surface area contributed by atoms with Crippen molar-refractivity contribution in [3.8, 4) is 0 Å². The van der Waals surface area contributed by atoms with Crippen LogP contribution in [-0.2, 0) is 6.54 Å². The van der Waals surface area contributed by atoms with E-state index in [1.807, 2.05) is 24.3 Å². The third kappa shape index (κ3) is 3.65. The molecule has 0 amide bonds. The Labute approximate surface area is 135 Å². The monoisotopic (exact) mass is 317 g/mol. The lowest BCUT2D eigenvalue weighted by Gasteiger charge is -2.30. The minimum absolute atomic E-state index is 0.538. The first kappa shape index (κ1) is 15.0. The summed E-state index contributed by atoms with van der Waals surface area (Å²) in [6.07, 6.45) is 4.13. The maximum absolute atomic E-state index is 6.15. The molecule has 1 saturated heterocycles. The van der Waals surface area contributed by atoms with E-state index in [4.69, 9.17) is 11.6 Å². The van der Waals surface area contributed by atoms with Gasteiger partial charge in [-0.25, -0.2) is 0 Å². The Hall–Kier alpha value is -1.88. The molecule has 116 valence electrons. The highest BCUT2D eigenvalue weighted by atomic mass is 35.5. The summed E-state index contributed by atoms with van der Waals surface area (Å²) >= 11 is 6.15. The summed E-state index contributed by atoms with van der Waals surface area (Å²) in [6, 6.07) is 7.75. The van der Waals surface area contributed by atoms with Gasteiger partial charge in [-0.2, -0.15) is 10.1 Å². The Balaban J connectivity index is 1.65. The lowest BCUT2D eigenvalue weighted by Crippen LogP contribution is -2.33. The van der Waals surface area contributed by atoms with Gasteiger partial charge in [0.2, 0.25) is 5.95 Å². The zero-order valence-corrected chi connectivity index (χ0v) is 13.4. The second kappa shape index (κ2) is 6.92. The molecule has 6 heteroatoms. The lowest BCUT2D eigenvalue weighted by atomic mass is 9.99. The van der Waals surface area contributed by atoms with E-state index in [0.717, 1.165) is 35.4 Å². The first-order valence-electron chi connectivity index (χ1n) is 7.64. The van der Waals surface area contributed by atoms with E-state index in [2.05, 4.69) is 32.3 Å². The van der Waals surface area contributed by atoms with Crippen molar-refractivity contribution in [2.45, 2.75) is 26.3 Å². The van der Waals surface area contributed by atoms with Gasteiger partial charge in [-0.15, -0.1) is 5.10 Å². The fourth-order valence-corrected chi connectivity index (χ4v) is 2.78. The normalized spacial score (nSPS) is 15.8. The molecule has 0 atom stereocenters. The first-order valence-corrected chi connectivity index (χ1v) is 8.02. The Kier molecular flexibility index (Phi) is 4.73. The van der Waals surface area contributed by atoms with Crippen LogP contribution in [0.2, 0.25) is 5.02 Å². The van der Waals surface area contributed by atoms with Crippen LogP contribution < -0.4 is 10.2 Å². The standard InChI is InChI=1S/C16H20ClN5/c1-12-6-8-22(9-7-12)15-11-19-21-16(20-15)18-10-13-4-2-3-5-14(13)17/h2-5,11-12H,6-10H2,1H3,(H,18,20,21). The van der Waals surface area contributed by atoms with Gasteiger partial charge in [0.15, 0.2) is 5.82 Å². The summed E-state index contributed by atoms with van der Waals surface area (Å²) < 4.78 is 0. The van der Waals surface area contributed by atoms with Crippen molar-refractivity contribution in [2.24, 2.45) is 5.92 Å². The molecule has 0 unspecified atom stereocenters. The van der Waals surface area contributed by atoms with Crippen LogP contribution in [0.25, 0.3) is 0 Å². The zero-order chi connectivity index (χ0) is 15.4. The number of rotatable bonds is 4. The Morgan fingerprint density at radius 1 is 1.27 bits per heavy atom. The van der Waals surface area contributed by atoms with E-state index >= 15 is 0 Å². The molecule has 22 heavy (non-hydrogen) atoms. The van der Waals surface area contributed by atoms with Gasteiger partial charge in [0.1, 0.15) is 0 Å². The first-order chi connectivity index (χ1) is 10.7. The van der Waals surface area contributed by atoms with Gasteiger partial charge in [0.25, 0.3) is 0 Å². The van der Waals surface area contributed by atoms with E-state index in [9.17, 15) is 0 Å². The average molecular weight is 318 g/mol. The summed E-state index contributed by atoms with van der Waals surface area (Å²) in [5.74, 6) is 2.23. The Morgan fingerprint density at radius 2 is 2.05 bits per heavy atom. The predicted molar refractivity (Wildman–Crippen MR) is 89.2 cm³/mol. The van der Waals surface area contributed by atoms with Gasteiger partial charge < -0.3 is 10.2 Å². The highest BCUT2D eigenvalue weighted by molar-refractivity contribution is 6.31. The summed E-state index contributed by atoms with van der Waals surface area (Å²) in [5.41, 5.74) is 1.02. The minimum atomic E-state index is 0.538. The van der Waals surface area contributed by atoms with Crippen molar-refractivity contribution in [3.05, 3.63) is 41.0 Å². The van der Waals surface area contributed by atoms with Gasteiger partial charge in [0, 0.05) is 24.7 Å². The molecular formula is C16H20ClN5. The molecule has 1 aliphatic heterocycles. The number of halogens is 1. The second-order valence-electron chi connectivity index (χ2n) is 5.75. The number of benzene rings is 1. The van der Waals surface area contributed by atoms with Crippen molar-refractivity contribution in [1.29, 1.82) is 0 Å². The molecule has 0 spiro atoms. The van der Waals surface area contributed by atoms with E-state index in [1.165, 1.54) is 12.8 Å². The summed E-state index contributed by atoms with van der Waals surface area (Å²) in [7, 11) is 0. The number of hydrogen-bond acceptors (Lipinski definition) is 5. The number of nitrogens with zero attached hydrogens (tertiary/aromatic N) is 4. The van der Waals surface area contributed by atoms with Crippen molar-refractivity contribution in [1.82, 2.24) is 15.2 Å². The highest BCUT2D eigenvalue weighted by Crippen LogP contribution is 2.21. The molecule has 0 radical (unpaired) electrons. The fraction of sp³-hybridized carbons (Fsp3) is 0.438. The minimum Gasteiger partial charge on any atom is -0.355 e. The third-order valence-electron chi connectivity index (χ3n) is 4.05. The number of aromatic nitrogens is 3. The average Bonchev–Trinajstić information content (AvgIpc) is 2.55. The maximum atomic E-state index is 6.15. The predicted octanol–water partition coefficient (Wildman–Crippen LogP) is 3.37. The third-order valence-corrected chi connectivity index (χ3v) is 4.42. The second-order valence-corrected chi connectivity index (χ2v) is 6.16. The van der Waals surface area contributed by atoms with Crippen LogP contribution in [0, 0.1) is 5.92 Å². The number of nitrogens with one attached hydrogen (secondary N) is 1. The molecule has 0 bridgehead atoms. The molecule has 5 nitrogen and oxygen atoms in total. The van der Waals surface area contributed by atoms with Gasteiger partial charge in [-0.3, -0.25) is 0 Å². The van der Waals surface area contributed by atoms with Gasteiger partial charge in [-0.1, -0.05) is 36.7 Å². The van der Waals surface area contributed by atoms with Crippen LogP contribution in [0.15, 0.2) is 30.5 Å². The van der Waals surface area contributed by atoms with Gasteiger partial charge in [-0.05, 0) is 30.4 Å². The van der Waals surface area contributed by atoms with E-state index in [-0.39, 0.29) is 0 Å². The molecular weight excluding hydrogens is 298 g/mol. The van der Waals surface area contributed by atoms with Crippen LogP contribution in [0.3, 0.4) is 0 Å². The molecule has 1 aliphatic rings. The molecule has 0 saturated carbocycles. The number of hydrogen-bond donors (Lipinski definition) is 1. The smallest absolute Gasteiger partial charge is 0.244 e. The summed E-state index contributed by atoms with van der Waals surface area (Å²) in [4.78, 5) is 6.84. The van der Waals surface area contributed by atoms with Gasteiger partial charge >= 0.3 is 0 Å². The molecule has 0 aliphatic carbocycles. The van der Waals surface area contributed by atoms with Crippen LogP contribution in [0.4, 0.5) is 11.8 Å². The highest BCUT2D eigenvalue weighted by Gasteiger charge is 2.17. The lowest BCUT2D eigenvalue weighted by molar-refractivity contribution is 0.436. The molecule has 1 aromatic carbocycles. The van der Waals surface area contributed by atoms with E-state index in [1.54, 1.807) is 6.20 Å². The van der Waals surface area contributed by atoms with Crippen molar-refractivity contribution < 1.29 is 0 Å². The summed E-state index contributed by atoms with van der Waals surface area (Å²) in [6.45, 7) is 4.95. The topological polar surface area (TPSA) is 53.9 Å². The van der Waals surface area contributed by atoms with Gasteiger partial charge in [0.05, 0.1) is 6.20 Å². The zero-order valence-electron chi connectivity index (χ0n) is 12.7. The molecule has 1 fully saturated rings. The van der Waals surface area contributed by atoms with Crippen molar-refractivity contribution in [2.75, 3.05) is 23.3 Å². The van der Waals surface area contributed by atoms with Crippen molar-refractivity contribution in [3.63, 3.8) is 0 Å². The molecule has 1 aromatic heterocycles. The Morgan fingerprint density at radius 3 is 2.82 bits per heavy atom. The maximum Gasteiger partial charge on any atom is 0.244 e. The number of piperidine rings is 1. The SMILES string of the molecule is CC1CCN(c2cnnc(NCc3ccccc3Cl)n2)CC1. The largest absolute Gasteiger partial charge is 0.355 e. The van der Waals surface area contributed by atoms with E-state index in [0.29, 0.717) is 12.5 Å². The van der Waals surface area contributed by atoms with Crippen LogP contribution in [-0.4, -0.2) is 28.3 Å². The van der Waals surface area contributed by atoms with Crippen LogP contribution in [0.1, 0.15) is 25.3 Å². The molecule has 2 aromatic rings. The quantitative estimate of drug-likeness (QED) is 0.937. The van der Waals surface area contributed by atoms with Crippen LogP contribution >= 0.6 is 11.6 Å². The summed E-state index contributed by atoms with van der Waals surface area (Å²) in [5, 5.41) is 12.0. The fourth-order valence-electron chi connectivity index (χ4n) is 2.58. The van der Waals surface area contributed by atoms with Crippen molar-refractivity contribution >= 4 is 23.4 Å². The Bertz CT molecular complexity index is 625.